The largest absolute Gasteiger partial charge is 0.481 e. The molecule has 2 nitrogen and oxygen atoms in total. The molecule has 0 aromatic heterocycles. The summed E-state index contributed by atoms with van der Waals surface area (Å²) < 4.78 is 0. The lowest BCUT2D eigenvalue weighted by atomic mass is 9.63. The minimum absolute atomic E-state index is 0.00486. The van der Waals surface area contributed by atoms with Gasteiger partial charge in [-0.3, -0.25) is 4.79 Å². The summed E-state index contributed by atoms with van der Waals surface area (Å²) >= 11 is 0. The molecule has 0 aromatic rings. The van der Waals surface area contributed by atoms with Crippen LogP contribution in [0.3, 0.4) is 0 Å². The second-order valence-electron chi connectivity index (χ2n) is 4.36. The summed E-state index contributed by atoms with van der Waals surface area (Å²) in [5.74, 6) is -0.0428. The van der Waals surface area contributed by atoms with Gasteiger partial charge in [0.05, 0.1) is 5.92 Å². The molecular weight excluding hydrogens is 152 g/mol. The van der Waals surface area contributed by atoms with E-state index in [0.29, 0.717) is 11.3 Å². The van der Waals surface area contributed by atoms with Gasteiger partial charge in [-0.15, -0.1) is 0 Å². The maximum absolute atomic E-state index is 10.7. The van der Waals surface area contributed by atoms with Crippen LogP contribution in [-0.2, 0) is 4.79 Å². The Morgan fingerprint density at radius 2 is 2.25 bits per heavy atom. The molecule has 2 fully saturated rings. The Morgan fingerprint density at radius 1 is 1.58 bits per heavy atom. The van der Waals surface area contributed by atoms with Gasteiger partial charge in [0.2, 0.25) is 0 Å². The molecule has 2 atom stereocenters. The van der Waals surface area contributed by atoms with Crippen LogP contribution in [0.25, 0.3) is 0 Å². The van der Waals surface area contributed by atoms with E-state index < -0.39 is 5.97 Å². The van der Waals surface area contributed by atoms with Crippen molar-refractivity contribution in [3.05, 3.63) is 0 Å². The van der Waals surface area contributed by atoms with Gasteiger partial charge >= 0.3 is 5.97 Å². The molecular formula is C10H16O2. The first kappa shape index (κ1) is 8.09. The van der Waals surface area contributed by atoms with Crippen molar-refractivity contribution in [1.29, 1.82) is 0 Å². The van der Waals surface area contributed by atoms with Crippen LogP contribution in [0, 0.1) is 17.3 Å². The van der Waals surface area contributed by atoms with Crippen LogP contribution < -0.4 is 0 Å². The molecule has 0 saturated heterocycles. The van der Waals surface area contributed by atoms with Crippen molar-refractivity contribution in [2.45, 2.75) is 39.0 Å². The van der Waals surface area contributed by atoms with Crippen LogP contribution in [0.5, 0.6) is 0 Å². The van der Waals surface area contributed by atoms with Gasteiger partial charge in [-0.1, -0.05) is 19.8 Å². The molecule has 1 N–H and O–H groups in total. The number of carboxylic acid groups (broad SMARTS) is 1. The summed E-state index contributed by atoms with van der Waals surface area (Å²) in [6, 6.07) is 0. The molecule has 0 spiro atoms. The Labute approximate surface area is 73.0 Å². The van der Waals surface area contributed by atoms with Crippen molar-refractivity contribution in [1.82, 2.24) is 0 Å². The zero-order valence-electron chi connectivity index (χ0n) is 7.55. The Bertz CT molecular complexity index is 200. The molecule has 0 heterocycles. The van der Waals surface area contributed by atoms with Crippen molar-refractivity contribution in [3.8, 4) is 0 Å². The summed E-state index contributed by atoms with van der Waals surface area (Å²) in [5, 5.41) is 8.80. The summed E-state index contributed by atoms with van der Waals surface area (Å²) in [4.78, 5) is 10.7. The van der Waals surface area contributed by atoms with Crippen LogP contribution in [0.4, 0.5) is 0 Å². The number of hydrogen-bond acceptors (Lipinski definition) is 1. The van der Waals surface area contributed by atoms with Gasteiger partial charge < -0.3 is 5.11 Å². The molecule has 0 radical (unpaired) electrons. The van der Waals surface area contributed by atoms with Crippen LogP contribution in [-0.4, -0.2) is 11.1 Å². The van der Waals surface area contributed by atoms with E-state index in [0.717, 1.165) is 6.42 Å². The molecule has 2 rings (SSSR count). The van der Waals surface area contributed by atoms with E-state index in [-0.39, 0.29) is 5.92 Å². The van der Waals surface area contributed by atoms with Crippen molar-refractivity contribution >= 4 is 5.97 Å². The van der Waals surface area contributed by atoms with Crippen LogP contribution in [0.2, 0.25) is 0 Å². The van der Waals surface area contributed by atoms with Crippen LogP contribution >= 0.6 is 0 Å². The van der Waals surface area contributed by atoms with Gasteiger partial charge in [-0.2, -0.15) is 0 Å². The van der Waals surface area contributed by atoms with Gasteiger partial charge in [0, 0.05) is 0 Å². The second kappa shape index (κ2) is 2.48. The van der Waals surface area contributed by atoms with E-state index in [2.05, 4.69) is 6.92 Å². The van der Waals surface area contributed by atoms with E-state index in [1.807, 2.05) is 0 Å². The molecule has 0 aromatic carbocycles. The van der Waals surface area contributed by atoms with Crippen molar-refractivity contribution in [3.63, 3.8) is 0 Å². The first-order valence-electron chi connectivity index (χ1n) is 4.92. The normalized spacial score (nSPS) is 37.1. The number of hydrogen-bond donors (Lipinski definition) is 1. The minimum atomic E-state index is -0.570. The SMILES string of the molecule is CCC1([C@@H]2C[C@H]2C(=O)O)CCC1. The molecule has 0 bridgehead atoms. The Hall–Kier alpha value is -0.530. The van der Waals surface area contributed by atoms with E-state index in [1.165, 1.54) is 25.7 Å². The highest BCUT2D eigenvalue weighted by Gasteiger charge is 2.57. The molecule has 2 aliphatic carbocycles. The molecule has 2 saturated carbocycles. The maximum Gasteiger partial charge on any atom is 0.306 e. The highest BCUT2D eigenvalue weighted by atomic mass is 16.4. The topological polar surface area (TPSA) is 37.3 Å². The lowest BCUT2D eigenvalue weighted by molar-refractivity contribution is -0.139. The van der Waals surface area contributed by atoms with Crippen molar-refractivity contribution in [2.75, 3.05) is 0 Å². The molecule has 2 aliphatic rings. The highest BCUT2D eigenvalue weighted by molar-refractivity contribution is 5.73. The number of rotatable bonds is 3. The summed E-state index contributed by atoms with van der Waals surface area (Å²) in [6.45, 7) is 2.20. The fraction of sp³-hybridized carbons (Fsp3) is 0.900. The monoisotopic (exact) mass is 168 g/mol. The molecule has 0 amide bonds. The van der Waals surface area contributed by atoms with E-state index >= 15 is 0 Å². The standard InChI is InChI=1S/C10H16O2/c1-2-10(4-3-5-10)8-6-7(8)9(11)12/h7-8H,2-6H2,1H3,(H,11,12)/t7-,8-/m1/s1. The predicted molar refractivity (Wildman–Crippen MR) is 45.8 cm³/mol. The van der Waals surface area contributed by atoms with E-state index in [4.69, 9.17) is 5.11 Å². The number of aliphatic carboxylic acids is 1. The average molecular weight is 168 g/mol. The zero-order valence-corrected chi connectivity index (χ0v) is 7.55. The molecule has 2 heteroatoms. The smallest absolute Gasteiger partial charge is 0.306 e. The summed E-state index contributed by atoms with van der Waals surface area (Å²) in [5.41, 5.74) is 0.447. The third-order valence-corrected chi connectivity index (χ3v) is 3.95. The molecule has 0 aliphatic heterocycles. The van der Waals surface area contributed by atoms with E-state index in [1.54, 1.807) is 0 Å². The third kappa shape index (κ3) is 0.970. The fourth-order valence-corrected chi connectivity index (χ4v) is 2.76. The predicted octanol–water partition coefficient (Wildman–Crippen LogP) is 2.29. The molecule has 12 heavy (non-hydrogen) atoms. The zero-order chi connectivity index (χ0) is 8.77. The van der Waals surface area contributed by atoms with Gasteiger partial charge in [-0.25, -0.2) is 0 Å². The van der Waals surface area contributed by atoms with E-state index in [9.17, 15) is 4.79 Å². The average Bonchev–Trinajstić information content (AvgIpc) is 2.66. The van der Waals surface area contributed by atoms with Gasteiger partial charge in [0.15, 0.2) is 0 Å². The minimum Gasteiger partial charge on any atom is -0.481 e. The number of carbonyl (C=O) groups is 1. The summed E-state index contributed by atoms with van der Waals surface area (Å²) in [6.07, 6.45) is 6.00. The fourth-order valence-electron chi connectivity index (χ4n) is 2.76. The number of carboxylic acids is 1. The molecule has 68 valence electrons. The van der Waals surface area contributed by atoms with Gasteiger partial charge in [0.1, 0.15) is 0 Å². The maximum atomic E-state index is 10.7. The summed E-state index contributed by atoms with van der Waals surface area (Å²) in [7, 11) is 0. The van der Waals surface area contributed by atoms with Crippen LogP contribution in [0.15, 0.2) is 0 Å². The van der Waals surface area contributed by atoms with Gasteiger partial charge in [-0.05, 0) is 30.6 Å². The van der Waals surface area contributed by atoms with Crippen molar-refractivity contribution < 1.29 is 9.90 Å². The van der Waals surface area contributed by atoms with Crippen molar-refractivity contribution in [2.24, 2.45) is 17.3 Å². The Kier molecular flexibility index (Phi) is 1.67. The first-order chi connectivity index (χ1) is 5.69. The Balaban J connectivity index is 1.98. The van der Waals surface area contributed by atoms with Gasteiger partial charge in [0.25, 0.3) is 0 Å². The quantitative estimate of drug-likeness (QED) is 0.702. The highest BCUT2D eigenvalue weighted by Crippen LogP contribution is 2.61. The third-order valence-electron chi connectivity index (χ3n) is 3.95. The first-order valence-corrected chi connectivity index (χ1v) is 4.92. The Morgan fingerprint density at radius 3 is 2.50 bits per heavy atom. The second-order valence-corrected chi connectivity index (χ2v) is 4.36. The lowest BCUT2D eigenvalue weighted by Crippen LogP contribution is -2.32. The molecule has 0 unspecified atom stereocenters. The lowest BCUT2D eigenvalue weighted by Gasteiger charge is -2.42. The van der Waals surface area contributed by atoms with Crippen LogP contribution in [0.1, 0.15) is 39.0 Å².